The van der Waals surface area contributed by atoms with E-state index in [-0.39, 0.29) is 28.9 Å². The molecule has 268 valence electrons. The second-order valence-corrected chi connectivity index (χ2v) is 15.3. The first-order valence-corrected chi connectivity index (χ1v) is 18.2. The first-order chi connectivity index (χ1) is 25.2. The molecule has 1 aliphatic carbocycles. The van der Waals surface area contributed by atoms with E-state index >= 15 is 4.39 Å². The molecule has 6 heterocycles. The van der Waals surface area contributed by atoms with Crippen molar-refractivity contribution in [3.63, 3.8) is 0 Å². The Morgan fingerprint density at radius 2 is 1.48 bits per heavy atom. The van der Waals surface area contributed by atoms with Crippen LogP contribution < -0.4 is 20.1 Å². The van der Waals surface area contributed by atoms with Gasteiger partial charge in [-0.2, -0.15) is 0 Å². The third-order valence-corrected chi connectivity index (χ3v) is 11.9. The number of benzene rings is 2. The quantitative estimate of drug-likeness (QED) is 0.256. The number of rotatable bonds is 8. The van der Waals surface area contributed by atoms with Gasteiger partial charge in [-0.05, 0) is 43.4 Å². The molecule has 0 radical (unpaired) electrons. The van der Waals surface area contributed by atoms with Crippen molar-refractivity contribution in [2.45, 2.75) is 62.2 Å². The highest BCUT2D eigenvalue weighted by Crippen LogP contribution is 2.47. The fourth-order valence-electron chi connectivity index (χ4n) is 9.02. The lowest BCUT2D eigenvalue weighted by atomic mass is 9.86. The van der Waals surface area contributed by atoms with Gasteiger partial charge in [0.1, 0.15) is 11.5 Å². The molecular formula is C39H39ClFN7O4. The molecule has 9 rings (SSSR count). The highest BCUT2D eigenvalue weighted by Gasteiger charge is 2.51. The van der Waals surface area contributed by atoms with Crippen molar-refractivity contribution in [2.24, 2.45) is 0 Å². The average molecular weight is 724 g/mol. The summed E-state index contributed by atoms with van der Waals surface area (Å²) in [5, 5.41) is 6.62. The van der Waals surface area contributed by atoms with E-state index in [0.29, 0.717) is 75.5 Å². The van der Waals surface area contributed by atoms with Gasteiger partial charge in [-0.1, -0.05) is 41.9 Å². The number of aromatic nitrogens is 3. The summed E-state index contributed by atoms with van der Waals surface area (Å²) in [6.07, 6.45) is 6.29. The van der Waals surface area contributed by atoms with Crippen molar-refractivity contribution in [3.05, 3.63) is 76.3 Å². The number of pyridine rings is 1. The van der Waals surface area contributed by atoms with Gasteiger partial charge in [0, 0.05) is 79.4 Å². The third kappa shape index (κ3) is 5.50. The summed E-state index contributed by atoms with van der Waals surface area (Å²) in [5.41, 5.74) is 5.44. The number of aryl methyl sites for hydroxylation is 1. The molecule has 0 saturated carbocycles. The normalized spacial score (nSPS) is 21.5. The molecule has 2 spiro atoms. The predicted molar refractivity (Wildman–Crippen MR) is 192 cm³/mol. The number of halogens is 2. The topological polar surface area (TPSA) is 122 Å². The number of hydrogen-bond acceptors (Lipinski definition) is 9. The number of carbonyl (C=O) groups excluding carboxylic acids is 2. The van der Waals surface area contributed by atoms with E-state index in [1.54, 1.807) is 38.6 Å². The lowest BCUT2D eigenvalue weighted by molar-refractivity contribution is -0.121. The predicted octanol–water partition coefficient (Wildman–Crippen LogP) is 5.10. The number of ether oxygens (including phenoxy) is 2. The van der Waals surface area contributed by atoms with Gasteiger partial charge in [0.25, 0.3) is 0 Å². The Morgan fingerprint density at radius 3 is 2.15 bits per heavy atom. The van der Waals surface area contributed by atoms with Gasteiger partial charge < -0.3 is 20.1 Å². The molecule has 1 atom stereocenters. The summed E-state index contributed by atoms with van der Waals surface area (Å²) < 4.78 is 28.1. The summed E-state index contributed by atoms with van der Waals surface area (Å²) in [6.45, 7) is 3.70. The molecule has 4 fully saturated rings. The highest BCUT2D eigenvalue weighted by molar-refractivity contribution is 6.36. The number of carbonyl (C=O) groups is 2. The van der Waals surface area contributed by atoms with Crippen LogP contribution in [0.1, 0.15) is 55.0 Å². The van der Waals surface area contributed by atoms with Gasteiger partial charge in [-0.3, -0.25) is 24.4 Å². The Kier molecular flexibility index (Phi) is 7.98. The lowest BCUT2D eigenvalue weighted by Gasteiger charge is -2.50. The molecule has 0 bridgehead atoms. The Labute approximate surface area is 305 Å². The molecule has 2 N–H and O–H groups in total. The Morgan fingerprint density at radius 1 is 0.846 bits per heavy atom. The van der Waals surface area contributed by atoms with E-state index in [4.69, 9.17) is 36.0 Å². The maximum Gasteiger partial charge on any atom is 0.237 e. The van der Waals surface area contributed by atoms with Gasteiger partial charge in [-0.15, -0.1) is 0 Å². The van der Waals surface area contributed by atoms with E-state index in [1.165, 1.54) is 0 Å². The van der Waals surface area contributed by atoms with Crippen molar-refractivity contribution in [2.75, 3.05) is 40.4 Å². The maximum atomic E-state index is 16.6. The van der Waals surface area contributed by atoms with Crippen LogP contribution >= 0.6 is 11.6 Å². The van der Waals surface area contributed by atoms with Crippen LogP contribution in [0, 0.1) is 5.82 Å². The number of methoxy groups -OCH3 is 2. The van der Waals surface area contributed by atoms with Gasteiger partial charge in [0.05, 0.1) is 47.9 Å². The lowest BCUT2D eigenvalue weighted by Crippen LogP contribution is -2.67. The molecule has 52 heavy (non-hydrogen) atoms. The summed E-state index contributed by atoms with van der Waals surface area (Å²) in [6, 6.07) is 12.8. The van der Waals surface area contributed by atoms with Crippen LogP contribution in [0.2, 0.25) is 5.02 Å². The van der Waals surface area contributed by atoms with E-state index in [2.05, 4.69) is 20.4 Å². The first kappa shape index (κ1) is 33.2. The molecule has 4 aliphatic heterocycles. The second-order valence-electron chi connectivity index (χ2n) is 14.9. The van der Waals surface area contributed by atoms with Gasteiger partial charge >= 0.3 is 0 Å². The zero-order chi connectivity index (χ0) is 35.8. The van der Waals surface area contributed by atoms with Crippen molar-refractivity contribution < 1.29 is 23.5 Å². The second kappa shape index (κ2) is 12.5. The first-order valence-electron chi connectivity index (χ1n) is 17.8. The smallest absolute Gasteiger partial charge is 0.237 e. The number of hydrogen-bond donors (Lipinski definition) is 2. The van der Waals surface area contributed by atoms with Crippen molar-refractivity contribution in [1.29, 1.82) is 0 Å². The van der Waals surface area contributed by atoms with Crippen LogP contribution in [0.25, 0.3) is 33.6 Å². The van der Waals surface area contributed by atoms with Crippen molar-refractivity contribution >= 4 is 23.4 Å². The fraction of sp³-hybridized carbons (Fsp3) is 0.410. The van der Waals surface area contributed by atoms with E-state index in [9.17, 15) is 9.59 Å². The molecule has 2 amide bonds. The van der Waals surface area contributed by atoms with Gasteiger partial charge in [0.15, 0.2) is 0 Å². The number of likely N-dealkylation sites (tertiary alicyclic amines) is 2. The minimum atomic E-state index is -0.433. The summed E-state index contributed by atoms with van der Waals surface area (Å²) >= 11 is 7.04. The molecule has 0 unspecified atom stereocenters. The highest BCUT2D eigenvalue weighted by atomic mass is 35.5. The number of fused-ring (bicyclic) bond motifs is 1. The molecule has 11 nitrogen and oxygen atoms in total. The maximum absolute atomic E-state index is 16.6. The SMILES string of the molecule is COc1nc(-c2cccc(-c3cccc(-c4cc5c(c(OC)n4)[C@@H](N4CC6(CCC(=O)N6)C4)CC5)c3F)c2Cl)cnc1CN1CC2(CCC(=O)N2)C1. The Balaban J connectivity index is 0.973. The molecule has 4 saturated heterocycles. The van der Waals surface area contributed by atoms with Gasteiger partial charge in [-0.25, -0.2) is 14.4 Å². The van der Waals surface area contributed by atoms with Crippen LogP contribution in [0.4, 0.5) is 4.39 Å². The summed E-state index contributed by atoms with van der Waals surface area (Å²) in [4.78, 5) is 42.5. The zero-order valence-corrected chi connectivity index (χ0v) is 29.9. The van der Waals surface area contributed by atoms with Crippen molar-refractivity contribution in [1.82, 2.24) is 35.4 Å². The Hall–Kier alpha value is -4.65. The number of amides is 2. The fourth-order valence-corrected chi connectivity index (χ4v) is 9.35. The van der Waals surface area contributed by atoms with Gasteiger partial charge in [0.2, 0.25) is 23.6 Å². The molecule has 2 aromatic heterocycles. The zero-order valence-electron chi connectivity index (χ0n) is 29.1. The van der Waals surface area contributed by atoms with E-state index < -0.39 is 5.82 Å². The largest absolute Gasteiger partial charge is 0.481 e. The Bertz CT molecular complexity index is 2130. The molecule has 4 aromatic rings. The molecule has 5 aliphatic rings. The van der Waals surface area contributed by atoms with Crippen LogP contribution in [0.3, 0.4) is 0 Å². The average Bonchev–Trinajstić information content (AvgIpc) is 3.84. The number of nitrogens with zero attached hydrogens (tertiary/aromatic N) is 5. The van der Waals surface area contributed by atoms with E-state index in [0.717, 1.165) is 63.0 Å². The summed E-state index contributed by atoms with van der Waals surface area (Å²) in [5.74, 6) is 0.703. The molecular weight excluding hydrogens is 685 g/mol. The third-order valence-electron chi connectivity index (χ3n) is 11.5. The standard InChI is InChI=1S/C39H39ClFN7O4/c1-51-36-29(17-47-18-38(19-47)13-11-31(49)45-38)42-16-28(44-36)25-7-3-5-23(34(25)40)24-6-4-8-26(35(24)41)27-15-22-9-10-30(33(22)37(43-27)52-2)48-20-39(21-48)14-12-32(50)46-39/h3-8,15-16,30H,9-14,17-21H2,1-2H3,(H,45,49)(H,46,50)/t30-/m0/s1. The van der Waals surface area contributed by atoms with Crippen LogP contribution in [-0.2, 0) is 22.6 Å². The monoisotopic (exact) mass is 723 g/mol. The summed E-state index contributed by atoms with van der Waals surface area (Å²) in [7, 11) is 3.17. The molecule has 13 heteroatoms. The minimum absolute atomic E-state index is 0.111. The van der Waals surface area contributed by atoms with Crippen LogP contribution in [0.5, 0.6) is 11.8 Å². The number of nitrogens with one attached hydrogen (secondary N) is 2. The minimum Gasteiger partial charge on any atom is -0.481 e. The van der Waals surface area contributed by atoms with Crippen molar-refractivity contribution in [3.8, 4) is 45.4 Å². The molecule has 2 aromatic carbocycles. The van der Waals surface area contributed by atoms with Crippen LogP contribution in [-0.4, -0.2) is 88.0 Å². The van der Waals surface area contributed by atoms with Crippen LogP contribution in [0.15, 0.2) is 48.7 Å². The van der Waals surface area contributed by atoms with E-state index in [1.807, 2.05) is 24.3 Å².